The van der Waals surface area contributed by atoms with Crippen molar-refractivity contribution in [3.63, 3.8) is 0 Å². The third-order valence-electron chi connectivity index (χ3n) is 9.55. The summed E-state index contributed by atoms with van der Waals surface area (Å²) in [5.41, 5.74) is -6.97. The lowest BCUT2D eigenvalue weighted by atomic mass is 9.64. The number of ketones is 3. The van der Waals surface area contributed by atoms with Gasteiger partial charge >= 0.3 is 5.97 Å². The van der Waals surface area contributed by atoms with E-state index in [0.29, 0.717) is 57.8 Å². The van der Waals surface area contributed by atoms with E-state index in [1.54, 1.807) is 0 Å². The smallest absolute Gasteiger partial charge is 0.306 e. The first-order valence-corrected chi connectivity index (χ1v) is 19.0. The summed E-state index contributed by atoms with van der Waals surface area (Å²) in [6.45, 7) is 6.45. The van der Waals surface area contributed by atoms with Gasteiger partial charge in [-0.3, -0.25) is 19.2 Å². The minimum Gasteiger partial charge on any atom is -0.453 e. The topological polar surface area (TPSA) is 258 Å². The molecule has 1 saturated heterocycles. The molecule has 0 saturated carbocycles. The van der Waals surface area contributed by atoms with Crippen LogP contribution < -0.4 is 0 Å². The first-order chi connectivity index (χ1) is 25.0. The molecular weight excluding hydrogens is 684 g/mol. The molecule has 304 valence electrons. The second kappa shape index (κ2) is 24.5. The van der Waals surface area contributed by atoms with Gasteiger partial charge in [-0.05, 0) is 25.7 Å². The Hall–Kier alpha value is -1.92. The van der Waals surface area contributed by atoms with Crippen LogP contribution in [0.3, 0.4) is 0 Å². The van der Waals surface area contributed by atoms with Gasteiger partial charge in [-0.2, -0.15) is 0 Å². The van der Waals surface area contributed by atoms with Gasteiger partial charge in [-0.15, -0.1) is 0 Å². The fourth-order valence-electron chi connectivity index (χ4n) is 6.24. The molecular formula is C37H66O15. The Labute approximate surface area is 309 Å². The standard InChI is InChI=1S/C37H66O15/c1-5-9-13-14-18-22-28(43)50-33-35(52-34(47)31(46)29(44)25(40)23-38)51-32(30(45)24(39)19-15-10-6-2)36(48,26(41)20-16-11-7-3)37(33,49)27(42)21-17-12-8-4/h25,29-35,38,40,44-49H,5-23H2,1-4H3/t25-,29-,30?,31-,32+,33+,34?,35?,36+,37+/m0/s1/i22D/t22?,25-,29-,30?,31-,32+,33+,34?,35?,36+,37+. The Kier molecular flexibility index (Phi) is 21.8. The molecule has 0 spiro atoms. The first-order valence-electron chi connectivity index (χ1n) is 19.6. The molecule has 0 amide bonds. The Morgan fingerprint density at radius 2 is 1.17 bits per heavy atom. The second-order valence-corrected chi connectivity index (χ2v) is 13.8. The highest BCUT2D eigenvalue weighted by Crippen LogP contribution is 2.45. The molecule has 4 unspecified atom stereocenters. The van der Waals surface area contributed by atoms with Gasteiger partial charge < -0.3 is 55.1 Å². The summed E-state index contributed by atoms with van der Waals surface area (Å²) in [7, 11) is 0. The molecule has 11 atom stereocenters. The van der Waals surface area contributed by atoms with E-state index in [1.807, 2.05) is 27.7 Å². The van der Waals surface area contributed by atoms with Crippen molar-refractivity contribution in [2.45, 2.75) is 204 Å². The Morgan fingerprint density at radius 3 is 1.69 bits per heavy atom. The molecule has 1 rings (SSSR count). The summed E-state index contributed by atoms with van der Waals surface area (Å²) in [4.78, 5) is 55.3. The summed E-state index contributed by atoms with van der Waals surface area (Å²) in [6, 6.07) is 0. The van der Waals surface area contributed by atoms with Crippen LogP contribution in [-0.2, 0) is 33.4 Å². The number of aliphatic hydroxyl groups is 8. The maximum Gasteiger partial charge on any atom is 0.306 e. The van der Waals surface area contributed by atoms with Crippen molar-refractivity contribution in [1.29, 1.82) is 0 Å². The van der Waals surface area contributed by atoms with Crippen molar-refractivity contribution in [3.8, 4) is 0 Å². The predicted octanol–water partition coefficient (Wildman–Crippen LogP) is 1.66. The van der Waals surface area contributed by atoms with E-state index in [1.165, 1.54) is 0 Å². The molecule has 0 radical (unpaired) electrons. The molecule has 0 aliphatic carbocycles. The minimum absolute atomic E-state index is 0.0127. The SMILES string of the molecule is [2H]C(CCCCCC)C(=O)O[C@@H]1C(OC(O)[C@@H](O)[C@@H](O)[C@@H](O)CO)O[C@H](C(O)C(=O)CCCCC)[C@](O)(C(=O)CCCCC)[C@@]1(O)C(=O)CCCCC. The molecule has 8 N–H and O–H groups in total. The number of Topliss-reactive ketones (excluding diaryl/α,β-unsaturated/α-hetero) is 3. The largest absolute Gasteiger partial charge is 0.453 e. The molecule has 0 aromatic heterocycles. The fourth-order valence-corrected chi connectivity index (χ4v) is 6.24. The molecule has 15 heteroatoms. The molecule has 1 aliphatic heterocycles. The van der Waals surface area contributed by atoms with Gasteiger partial charge in [0.2, 0.25) is 11.9 Å². The number of hydrogen-bond acceptors (Lipinski definition) is 15. The van der Waals surface area contributed by atoms with Crippen molar-refractivity contribution >= 4 is 23.3 Å². The molecule has 1 aliphatic rings. The van der Waals surface area contributed by atoms with Crippen LogP contribution in [0.25, 0.3) is 0 Å². The second-order valence-electron chi connectivity index (χ2n) is 13.8. The van der Waals surface area contributed by atoms with E-state index in [-0.39, 0.29) is 25.7 Å². The molecule has 0 aromatic carbocycles. The Balaban J connectivity index is 4.03. The van der Waals surface area contributed by atoms with Gasteiger partial charge in [-0.1, -0.05) is 91.9 Å². The minimum atomic E-state index is -3.52. The van der Waals surface area contributed by atoms with Crippen molar-refractivity contribution in [2.24, 2.45) is 0 Å². The van der Waals surface area contributed by atoms with E-state index >= 15 is 0 Å². The number of carbonyl (C=O) groups excluding carboxylic acids is 4. The molecule has 0 bridgehead atoms. The monoisotopic (exact) mass is 751 g/mol. The maximum absolute atomic E-state index is 14.3. The zero-order valence-electron chi connectivity index (χ0n) is 32.4. The number of esters is 1. The molecule has 0 aromatic rings. The lowest BCUT2D eigenvalue weighted by Crippen LogP contribution is -2.82. The van der Waals surface area contributed by atoms with Gasteiger partial charge in [0.15, 0.2) is 35.3 Å². The Bertz CT molecular complexity index is 1110. The molecule has 15 nitrogen and oxygen atoms in total. The number of carbonyl (C=O) groups is 4. The predicted molar refractivity (Wildman–Crippen MR) is 187 cm³/mol. The number of ether oxygens (including phenoxy) is 3. The van der Waals surface area contributed by atoms with Gasteiger partial charge in [-0.25, -0.2) is 0 Å². The van der Waals surface area contributed by atoms with Gasteiger partial charge in [0, 0.05) is 27.0 Å². The highest BCUT2D eigenvalue weighted by atomic mass is 16.8. The summed E-state index contributed by atoms with van der Waals surface area (Å²) < 4.78 is 25.2. The van der Waals surface area contributed by atoms with Crippen LogP contribution in [0.1, 0.15) is 145 Å². The summed E-state index contributed by atoms with van der Waals surface area (Å²) in [5, 5.41) is 87.5. The number of hydrogen-bond donors (Lipinski definition) is 8. The van der Waals surface area contributed by atoms with Crippen molar-refractivity contribution < 1.29 is 75.6 Å². The maximum atomic E-state index is 14.3. The van der Waals surface area contributed by atoms with Gasteiger partial charge in [0.05, 0.1) is 6.61 Å². The zero-order chi connectivity index (χ0) is 40.4. The summed E-state index contributed by atoms with van der Waals surface area (Å²) in [5.74, 6) is -4.73. The van der Waals surface area contributed by atoms with Crippen LogP contribution in [0.15, 0.2) is 0 Å². The molecule has 52 heavy (non-hydrogen) atoms. The normalized spacial score (nSPS) is 27.2. The summed E-state index contributed by atoms with van der Waals surface area (Å²) >= 11 is 0. The average Bonchev–Trinajstić information content (AvgIpc) is 3.14. The lowest BCUT2D eigenvalue weighted by molar-refractivity contribution is -0.378. The number of rotatable bonds is 29. The third kappa shape index (κ3) is 12.8. The van der Waals surface area contributed by atoms with Crippen LogP contribution in [0.4, 0.5) is 0 Å². The van der Waals surface area contributed by atoms with Crippen LogP contribution in [-0.4, -0.2) is 131 Å². The molecule has 1 heterocycles. The van der Waals surface area contributed by atoms with E-state index in [0.717, 1.165) is 12.8 Å². The van der Waals surface area contributed by atoms with Crippen LogP contribution in [0.2, 0.25) is 0 Å². The lowest BCUT2D eigenvalue weighted by Gasteiger charge is -2.55. The van der Waals surface area contributed by atoms with E-state index < -0.39 is 110 Å². The van der Waals surface area contributed by atoms with Gasteiger partial charge in [0.25, 0.3) is 0 Å². The van der Waals surface area contributed by atoms with Gasteiger partial charge in [0.1, 0.15) is 30.5 Å². The zero-order valence-corrected chi connectivity index (χ0v) is 31.4. The van der Waals surface area contributed by atoms with E-state index in [4.69, 9.17) is 15.6 Å². The summed E-state index contributed by atoms with van der Waals surface area (Å²) in [6.07, 6.45) is -15.1. The van der Waals surface area contributed by atoms with Crippen LogP contribution >= 0.6 is 0 Å². The highest BCUT2D eigenvalue weighted by Gasteiger charge is 2.74. The van der Waals surface area contributed by atoms with Crippen molar-refractivity contribution in [1.82, 2.24) is 0 Å². The third-order valence-corrected chi connectivity index (χ3v) is 9.55. The fraction of sp³-hybridized carbons (Fsp3) is 0.892. The van der Waals surface area contributed by atoms with Crippen molar-refractivity contribution in [2.75, 3.05) is 6.61 Å². The van der Waals surface area contributed by atoms with Crippen molar-refractivity contribution in [3.05, 3.63) is 0 Å². The number of unbranched alkanes of at least 4 members (excludes halogenated alkanes) is 9. The average molecular weight is 752 g/mol. The first kappa shape index (κ1) is 46.2. The molecule has 1 fully saturated rings. The van der Waals surface area contributed by atoms with Crippen LogP contribution in [0.5, 0.6) is 0 Å². The van der Waals surface area contributed by atoms with Crippen LogP contribution in [0, 0.1) is 0 Å². The Morgan fingerprint density at radius 1 is 0.692 bits per heavy atom. The van der Waals surface area contributed by atoms with E-state index in [2.05, 4.69) is 0 Å². The highest BCUT2D eigenvalue weighted by molar-refractivity contribution is 6.01. The quantitative estimate of drug-likeness (QED) is 0.0307. The number of aliphatic hydroxyl groups excluding tert-OH is 6. The van der Waals surface area contributed by atoms with E-state index in [9.17, 15) is 60.0 Å².